The van der Waals surface area contributed by atoms with Crippen molar-refractivity contribution in [3.05, 3.63) is 23.9 Å². The average Bonchev–Trinajstić information content (AvgIpc) is 2.42. The number of hydrogen-bond acceptors (Lipinski definition) is 5. The molecule has 0 aromatic carbocycles. The molecule has 112 valence electrons. The van der Waals surface area contributed by atoms with Gasteiger partial charge in [0.05, 0.1) is 22.4 Å². The normalized spacial score (nSPS) is 10.6. The number of amides is 3. The fourth-order valence-electron chi connectivity index (χ4n) is 1.08. The molecule has 0 saturated heterocycles. The lowest BCUT2D eigenvalue weighted by atomic mass is 10.3. The second-order valence-electron chi connectivity index (χ2n) is 3.63. The molecular formula is C11H9F3N4O2S. The molecule has 0 atom stereocenters. The Labute approximate surface area is 121 Å². The van der Waals surface area contributed by atoms with E-state index in [-0.39, 0.29) is 5.75 Å². The first-order valence-corrected chi connectivity index (χ1v) is 6.42. The van der Waals surface area contributed by atoms with Gasteiger partial charge >= 0.3 is 12.2 Å². The Bertz CT molecular complexity index is 571. The number of halogens is 3. The molecule has 0 aliphatic heterocycles. The summed E-state index contributed by atoms with van der Waals surface area (Å²) >= 11 is 0.947. The molecular weight excluding hydrogens is 309 g/mol. The van der Waals surface area contributed by atoms with Gasteiger partial charge < -0.3 is 5.32 Å². The number of rotatable bonds is 4. The van der Waals surface area contributed by atoms with Gasteiger partial charge in [-0.25, -0.2) is 9.78 Å². The molecule has 0 saturated carbocycles. The van der Waals surface area contributed by atoms with Crippen molar-refractivity contribution in [2.24, 2.45) is 0 Å². The molecule has 0 bridgehead atoms. The van der Waals surface area contributed by atoms with Crippen LogP contribution in [0.3, 0.4) is 0 Å². The Morgan fingerprint density at radius 3 is 2.76 bits per heavy atom. The summed E-state index contributed by atoms with van der Waals surface area (Å²) in [5, 5.41) is 12.3. The molecule has 1 heterocycles. The van der Waals surface area contributed by atoms with Gasteiger partial charge in [-0.15, -0.1) is 0 Å². The summed E-state index contributed by atoms with van der Waals surface area (Å²) < 4.78 is 35.5. The van der Waals surface area contributed by atoms with Crippen LogP contribution in [0.4, 0.5) is 18.0 Å². The first kappa shape index (κ1) is 16.8. The predicted octanol–water partition coefficient (Wildman–Crippen LogP) is 1.43. The van der Waals surface area contributed by atoms with E-state index in [1.807, 2.05) is 6.07 Å². The second kappa shape index (κ2) is 7.49. The van der Waals surface area contributed by atoms with Crippen molar-refractivity contribution < 1.29 is 22.8 Å². The molecule has 0 aliphatic carbocycles. The number of nitrogens with one attached hydrogen (secondary N) is 2. The zero-order valence-corrected chi connectivity index (χ0v) is 11.2. The fourth-order valence-corrected chi connectivity index (χ4v) is 1.78. The van der Waals surface area contributed by atoms with Gasteiger partial charge in [0.15, 0.2) is 0 Å². The first-order valence-electron chi connectivity index (χ1n) is 5.43. The van der Waals surface area contributed by atoms with Gasteiger partial charge in [0.25, 0.3) is 0 Å². The lowest BCUT2D eigenvalue weighted by Crippen LogP contribution is -2.43. The van der Waals surface area contributed by atoms with Crippen LogP contribution < -0.4 is 10.6 Å². The van der Waals surface area contributed by atoms with E-state index >= 15 is 0 Å². The Balaban J connectivity index is 2.37. The van der Waals surface area contributed by atoms with Gasteiger partial charge in [-0.2, -0.15) is 18.4 Å². The molecule has 0 radical (unpaired) electrons. The lowest BCUT2D eigenvalue weighted by Gasteiger charge is -2.08. The number of thioether (sulfide) groups is 1. The standard InChI is InChI=1S/C11H9F3N4O2S/c12-11(13,14)6-17-10(20)18-8(19)5-21-9-3-7(4-15)1-2-16-9/h1-3H,5-6H2,(H2,17,18,19,20). The number of carbonyl (C=O) groups excluding carboxylic acids is 2. The topological polar surface area (TPSA) is 94.9 Å². The van der Waals surface area contributed by atoms with Crippen LogP contribution >= 0.6 is 11.8 Å². The lowest BCUT2D eigenvalue weighted by molar-refractivity contribution is -0.124. The molecule has 1 aromatic rings. The highest BCUT2D eigenvalue weighted by molar-refractivity contribution is 7.99. The molecule has 0 unspecified atom stereocenters. The third kappa shape index (κ3) is 7.17. The molecule has 6 nitrogen and oxygen atoms in total. The van der Waals surface area contributed by atoms with Crippen molar-refractivity contribution >= 4 is 23.7 Å². The van der Waals surface area contributed by atoms with E-state index in [0.717, 1.165) is 11.8 Å². The minimum absolute atomic E-state index is 0.221. The fraction of sp³-hybridized carbons (Fsp3) is 0.273. The van der Waals surface area contributed by atoms with Crippen molar-refractivity contribution in [1.29, 1.82) is 5.26 Å². The second-order valence-corrected chi connectivity index (χ2v) is 4.62. The number of aromatic nitrogens is 1. The van der Waals surface area contributed by atoms with Crippen molar-refractivity contribution in [3.63, 3.8) is 0 Å². The van der Waals surface area contributed by atoms with Crippen molar-refractivity contribution in [2.45, 2.75) is 11.2 Å². The number of alkyl halides is 3. The number of hydrogen-bond donors (Lipinski definition) is 2. The molecule has 21 heavy (non-hydrogen) atoms. The summed E-state index contributed by atoms with van der Waals surface area (Å²) in [6, 6.07) is 3.60. The van der Waals surface area contributed by atoms with Crippen molar-refractivity contribution in [2.75, 3.05) is 12.3 Å². The van der Waals surface area contributed by atoms with Crippen LogP contribution in [0.15, 0.2) is 23.4 Å². The van der Waals surface area contributed by atoms with Crippen LogP contribution in [0.5, 0.6) is 0 Å². The monoisotopic (exact) mass is 318 g/mol. The predicted molar refractivity (Wildman–Crippen MR) is 67.3 cm³/mol. The van der Waals surface area contributed by atoms with E-state index in [4.69, 9.17) is 5.26 Å². The number of pyridine rings is 1. The van der Waals surface area contributed by atoms with Gasteiger partial charge in [0, 0.05) is 6.20 Å². The molecule has 3 amide bonds. The van der Waals surface area contributed by atoms with Gasteiger partial charge in [0.2, 0.25) is 5.91 Å². The molecule has 1 rings (SSSR count). The number of carbonyl (C=O) groups is 2. The van der Waals surface area contributed by atoms with Crippen molar-refractivity contribution in [3.8, 4) is 6.07 Å². The van der Waals surface area contributed by atoms with E-state index in [0.29, 0.717) is 10.6 Å². The zero-order valence-electron chi connectivity index (χ0n) is 10.4. The average molecular weight is 318 g/mol. The Morgan fingerprint density at radius 2 is 2.14 bits per heavy atom. The largest absolute Gasteiger partial charge is 0.405 e. The number of urea groups is 1. The van der Waals surface area contributed by atoms with Gasteiger partial charge in [-0.05, 0) is 12.1 Å². The smallest absolute Gasteiger partial charge is 0.329 e. The maximum Gasteiger partial charge on any atom is 0.405 e. The van der Waals surface area contributed by atoms with Crippen LogP contribution in [-0.4, -0.2) is 35.4 Å². The summed E-state index contributed by atoms with van der Waals surface area (Å²) in [6.45, 7) is -1.52. The minimum Gasteiger partial charge on any atom is -0.329 e. The van der Waals surface area contributed by atoms with Crippen molar-refractivity contribution in [1.82, 2.24) is 15.6 Å². The quantitative estimate of drug-likeness (QED) is 0.819. The summed E-state index contributed by atoms with van der Waals surface area (Å²) in [5.41, 5.74) is 0.357. The number of nitrogens with zero attached hydrogens (tertiary/aromatic N) is 2. The van der Waals surface area contributed by atoms with Gasteiger partial charge in [-0.3, -0.25) is 10.1 Å². The number of nitriles is 1. The van der Waals surface area contributed by atoms with E-state index in [9.17, 15) is 22.8 Å². The van der Waals surface area contributed by atoms with Crippen LogP contribution in [-0.2, 0) is 4.79 Å². The highest BCUT2D eigenvalue weighted by atomic mass is 32.2. The molecule has 10 heteroatoms. The summed E-state index contributed by atoms with van der Waals surface area (Å²) in [5.74, 6) is -0.995. The summed E-state index contributed by atoms with van der Waals surface area (Å²) in [4.78, 5) is 26.2. The Hall–Kier alpha value is -2.28. The highest BCUT2D eigenvalue weighted by Crippen LogP contribution is 2.15. The zero-order chi connectivity index (χ0) is 15.9. The van der Waals surface area contributed by atoms with E-state index in [1.165, 1.54) is 23.6 Å². The molecule has 0 spiro atoms. The van der Waals surface area contributed by atoms with Gasteiger partial charge in [0.1, 0.15) is 6.54 Å². The Morgan fingerprint density at radius 1 is 1.43 bits per heavy atom. The summed E-state index contributed by atoms with van der Waals surface area (Å²) in [7, 11) is 0. The van der Waals surface area contributed by atoms with E-state index in [2.05, 4.69) is 4.98 Å². The van der Waals surface area contributed by atoms with E-state index < -0.39 is 24.7 Å². The SMILES string of the molecule is N#Cc1ccnc(SCC(=O)NC(=O)NCC(F)(F)F)c1. The molecule has 0 aliphatic rings. The van der Waals surface area contributed by atoms with Crippen LogP contribution in [0.2, 0.25) is 0 Å². The third-order valence-corrected chi connectivity index (χ3v) is 2.84. The third-order valence-electron chi connectivity index (χ3n) is 1.92. The van der Waals surface area contributed by atoms with Crippen LogP contribution in [0, 0.1) is 11.3 Å². The summed E-state index contributed by atoms with van der Waals surface area (Å²) in [6.07, 6.45) is -3.16. The maximum absolute atomic E-state index is 11.8. The first-order chi connectivity index (χ1) is 9.80. The molecule has 2 N–H and O–H groups in total. The number of imide groups is 1. The Kier molecular flexibility index (Phi) is 5.98. The van der Waals surface area contributed by atoms with Crippen LogP contribution in [0.1, 0.15) is 5.56 Å². The maximum atomic E-state index is 11.8. The van der Waals surface area contributed by atoms with Crippen LogP contribution in [0.25, 0.3) is 0 Å². The van der Waals surface area contributed by atoms with E-state index in [1.54, 1.807) is 5.32 Å². The highest BCUT2D eigenvalue weighted by Gasteiger charge is 2.27. The van der Waals surface area contributed by atoms with Gasteiger partial charge in [-0.1, -0.05) is 11.8 Å². The minimum atomic E-state index is -4.54. The molecule has 0 fully saturated rings. The molecule has 1 aromatic heterocycles.